The molecule has 2 aromatic heterocycles. The van der Waals surface area contributed by atoms with Gasteiger partial charge in [-0.1, -0.05) is 23.9 Å². The van der Waals surface area contributed by atoms with Gasteiger partial charge in [0.25, 0.3) is 0 Å². The lowest BCUT2D eigenvalue weighted by atomic mass is 10.2. The van der Waals surface area contributed by atoms with Gasteiger partial charge in [-0.15, -0.1) is 10.2 Å². The lowest BCUT2D eigenvalue weighted by Gasteiger charge is -2.11. The van der Waals surface area contributed by atoms with Crippen LogP contribution in [-0.2, 0) is 11.3 Å². The Bertz CT molecular complexity index is 919. The fourth-order valence-electron chi connectivity index (χ4n) is 2.66. The first-order valence-corrected chi connectivity index (χ1v) is 9.74. The monoisotopic (exact) mass is 386 g/mol. The summed E-state index contributed by atoms with van der Waals surface area (Å²) in [5.41, 5.74) is 1.57. The van der Waals surface area contributed by atoms with Crippen LogP contribution in [0.2, 0.25) is 0 Å². The summed E-state index contributed by atoms with van der Waals surface area (Å²) in [5, 5.41) is 12.1. The van der Waals surface area contributed by atoms with Crippen LogP contribution in [0, 0.1) is 6.92 Å². The van der Waals surface area contributed by atoms with Gasteiger partial charge in [0.15, 0.2) is 11.0 Å². The normalized spacial score (nSPS) is 10.8. The van der Waals surface area contributed by atoms with Crippen molar-refractivity contribution in [3.63, 3.8) is 0 Å². The van der Waals surface area contributed by atoms with Crippen LogP contribution in [0.3, 0.4) is 0 Å². The molecule has 0 aliphatic heterocycles. The highest BCUT2D eigenvalue weighted by Crippen LogP contribution is 2.28. The minimum atomic E-state index is -0.126. The van der Waals surface area contributed by atoms with E-state index in [0.717, 1.165) is 17.1 Å². The summed E-state index contributed by atoms with van der Waals surface area (Å²) in [5.74, 6) is 2.29. The van der Waals surface area contributed by atoms with Crippen LogP contribution in [0.15, 0.2) is 46.2 Å². The number of carbonyl (C=O) groups is 1. The third-order valence-corrected chi connectivity index (χ3v) is 4.89. The highest BCUT2D eigenvalue weighted by atomic mass is 32.2. The van der Waals surface area contributed by atoms with Crippen molar-refractivity contribution in [3.8, 4) is 17.1 Å². The highest BCUT2D eigenvalue weighted by Gasteiger charge is 2.17. The standard InChI is InChI=1S/C19H22N4O3S/c1-4-23-18(14-10-11-26-13(14)3)21-22-19(23)27-12-17(24)20-15-8-6-7-9-16(15)25-5-2/h6-11H,4-5,12H2,1-3H3,(H,20,24). The number of hydrogen-bond acceptors (Lipinski definition) is 6. The van der Waals surface area contributed by atoms with Crippen LogP contribution in [0.1, 0.15) is 19.6 Å². The van der Waals surface area contributed by atoms with E-state index in [1.54, 1.807) is 6.26 Å². The summed E-state index contributed by atoms with van der Waals surface area (Å²) in [6.45, 7) is 7.05. The van der Waals surface area contributed by atoms with Crippen molar-refractivity contribution in [2.75, 3.05) is 17.7 Å². The van der Waals surface area contributed by atoms with Crippen molar-refractivity contribution in [3.05, 3.63) is 42.4 Å². The van der Waals surface area contributed by atoms with Gasteiger partial charge in [0.05, 0.1) is 29.9 Å². The van der Waals surface area contributed by atoms with E-state index in [9.17, 15) is 4.79 Å². The molecule has 3 aromatic rings. The van der Waals surface area contributed by atoms with Crippen molar-refractivity contribution in [1.29, 1.82) is 0 Å². The number of ether oxygens (including phenoxy) is 1. The lowest BCUT2D eigenvalue weighted by Crippen LogP contribution is -2.15. The SMILES string of the molecule is CCOc1ccccc1NC(=O)CSc1nnc(-c2ccoc2C)n1CC. The molecule has 0 aliphatic rings. The Morgan fingerprint density at radius 3 is 2.78 bits per heavy atom. The molecule has 0 saturated heterocycles. The van der Waals surface area contributed by atoms with E-state index in [1.165, 1.54) is 11.8 Å². The van der Waals surface area contributed by atoms with Gasteiger partial charge < -0.3 is 19.0 Å². The molecule has 2 heterocycles. The van der Waals surface area contributed by atoms with E-state index in [2.05, 4.69) is 15.5 Å². The van der Waals surface area contributed by atoms with Gasteiger partial charge in [-0.3, -0.25) is 4.79 Å². The summed E-state index contributed by atoms with van der Waals surface area (Å²) in [7, 11) is 0. The first-order chi connectivity index (χ1) is 13.1. The second-order valence-corrected chi connectivity index (χ2v) is 6.65. The zero-order valence-electron chi connectivity index (χ0n) is 15.6. The van der Waals surface area contributed by atoms with E-state index in [0.29, 0.717) is 29.7 Å². The quantitative estimate of drug-likeness (QED) is 0.589. The Morgan fingerprint density at radius 2 is 2.07 bits per heavy atom. The van der Waals surface area contributed by atoms with E-state index >= 15 is 0 Å². The number of hydrogen-bond donors (Lipinski definition) is 1. The van der Waals surface area contributed by atoms with Crippen molar-refractivity contribution in [1.82, 2.24) is 14.8 Å². The summed E-state index contributed by atoms with van der Waals surface area (Å²) >= 11 is 1.35. The zero-order valence-corrected chi connectivity index (χ0v) is 16.4. The fraction of sp³-hybridized carbons (Fsp3) is 0.316. The number of benzene rings is 1. The summed E-state index contributed by atoms with van der Waals surface area (Å²) in [6.07, 6.45) is 1.63. The van der Waals surface area contributed by atoms with E-state index in [1.807, 2.05) is 55.7 Å². The summed E-state index contributed by atoms with van der Waals surface area (Å²) in [4.78, 5) is 12.4. The maximum absolute atomic E-state index is 12.4. The molecule has 0 fully saturated rings. The molecule has 3 rings (SSSR count). The van der Waals surface area contributed by atoms with Crippen molar-refractivity contribution in [2.24, 2.45) is 0 Å². The first kappa shape index (κ1) is 19.0. The number of anilines is 1. The first-order valence-electron chi connectivity index (χ1n) is 8.76. The average Bonchev–Trinajstić information content (AvgIpc) is 3.27. The van der Waals surface area contributed by atoms with Gasteiger partial charge in [-0.2, -0.15) is 0 Å². The largest absolute Gasteiger partial charge is 0.492 e. The number of amides is 1. The molecule has 27 heavy (non-hydrogen) atoms. The molecular weight excluding hydrogens is 364 g/mol. The third kappa shape index (κ3) is 4.33. The number of aryl methyl sites for hydroxylation is 1. The fourth-order valence-corrected chi connectivity index (χ4v) is 3.47. The Hall–Kier alpha value is -2.74. The number of rotatable bonds is 8. The second-order valence-electron chi connectivity index (χ2n) is 5.71. The van der Waals surface area contributed by atoms with Gasteiger partial charge in [-0.25, -0.2) is 0 Å². The predicted molar refractivity (Wildman–Crippen MR) is 105 cm³/mol. The molecule has 0 radical (unpaired) electrons. The van der Waals surface area contributed by atoms with Crippen molar-refractivity contribution in [2.45, 2.75) is 32.5 Å². The van der Waals surface area contributed by atoms with Gasteiger partial charge in [0.1, 0.15) is 11.5 Å². The molecule has 1 aromatic carbocycles. The predicted octanol–water partition coefficient (Wildman–Crippen LogP) is 4.00. The Balaban J connectivity index is 1.68. The van der Waals surface area contributed by atoms with Gasteiger partial charge >= 0.3 is 0 Å². The van der Waals surface area contributed by atoms with Crippen LogP contribution < -0.4 is 10.1 Å². The van der Waals surface area contributed by atoms with Crippen LogP contribution >= 0.6 is 11.8 Å². The van der Waals surface area contributed by atoms with Crippen LogP contribution in [-0.4, -0.2) is 33.0 Å². The average molecular weight is 386 g/mol. The van der Waals surface area contributed by atoms with Crippen LogP contribution in [0.25, 0.3) is 11.4 Å². The van der Waals surface area contributed by atoms with Gasteiger partial charge in [0, 0.05) is 6.54 Å². The number of para-hydroxylation sites is 2. The molecule has 0 bridgehead atoms. The van der Waals surface area contributed by atoms with Crippen molar-refractivity contribution < 1.29 is 13.9 Å². The van der Waals surface area contributed by atoms with Crippen LogP contribution in [0.5, 0.6) is 5.75 Å². The maximum Gasteiger partial charge on any atom is 0.234 e. The smallest absolute Gasteiger partial charge is 0.234 e. The molecule has 0 aliphatic carbocycles. The minimum absolute atomic E-state index is 0.126. The van der Waals surface area contributed by atoms with E-state index in [4.69, 9.17) is 9.15 Å². The van der Waals surface area contributed by atoms with E-state index < -0.39 is 0 Å². The van der Waals surface area contributed by atoms with E-state index in [-0.39, 0.29) is 11.7 Å². The Kier molecular flexibility index (Phi) is 6.18. The highest BCUT2D eigenvalue weighted by molar-refractivity contribution is 7.99. The summed E-state index contributed by atoms with van der Waals surface area (Å²) in [6, 6.07) is 9.26. The molecular formula is C19H22N4O3S. The second kappa shape index (κ2) is 8.77. The molecule has 142 valence electrons. The van der Waals surface area contributed by atoms with Gasteiger partial charge in [-0.05, 0) is 39.0 Å². The summed E-state index contributed by atoms with van der Waals surface area (Å²) < 4.78 is 12.9. The molecule has 0 unspecified atom stereocenters. The molecule has 1 N–H and O–H groups in total. The Morgan fingerprint density at radius 1 is 1.26 bits per heavy atom. The molecule has 0 atom stereocenters. The lowest BCUT2D eigenvalue weighted by molar-refractivity contribution is -0.113. The number of furan rings is 1. The molecule has 1 amide bonds. The topological polar surface area (TPSA) is 82.2 Å². The number of nitrogens with one attached hydrogen (secondary N) is 1. The Labute approximate surface area is 162 Å². The zero-order chi connectivity index (χ0) is 19.2. The maximum atomic E-state index is 12.4. The number of carbonyl (C=O) groups excluding carboxylic acids is 1. The third-order valence-electron chi connectivity index (χ3n) is 3.93. The molecule has 8 heteroatoms. The van der Waals surface area contributed by atoms with Crippen LogP contribution in [0.4, 0.5) is 5.69 Å². The molecule has 0 saturated carbocycles. The number of nitrogens with zero attached hydrogens (tertiary/aromatic N) is 3. The minimum Gasteiger partial charge on any atom is -0.492 e. The number of thioether (sulfide) groups is 1. The molecule has 7 nitrogen and oxygen atoms in total. The van der Waals surface area contributed by atoms with Crippen molar-refractivity contribution >= 4 is 23.4 Å². The van der Waals surface area contributed by atoms with Gasteiger partial charge in [0.2, 0.25) is 5.91 Å². The molecule has 0 spiro atoms. The number of aromatic nitrogens is 3.